The quantitative estimate of drug-likeness (QED) is 0.729. The van der Waals surface area contributed by atoms with E-state index >= 15 is 0 Å². The Labute approximate surface area is 163 Å². The summed E-state index contributed by atoms with van der Waals surface area (Å²) >= 11 is 0. The van der Waals surface area contributed by atoms with Crippen molar-refractivity contribution >= 4 is 18.0 Å². The van der Waals surface area contributed by atoms with E-state index in [0.717, 1.165) is 11.1 Å². The average molecular weight is 384 g/mol. The maximum absolute atomic E-state index is 12.7. The van der Waals surface area contributed by atoms with E-state index in [0.29, 0.717) is 0 Å². The number of benzene rings is 2. The van der Waals surface area contributed by atoms with Crippen molar-refractivity contribution in [3.05, 3.63) is 71.8 Å². The molecule has 0 aliphatic rings. The van der Waals surface area contributed by atoms with Gasteiger partial charge in [0.25, 0.3) is 0 Å². The summed E-state index contributed by atoms with van der Waals surface area (Å²) in [6.07, 6.45) is -0.432. The second-order valence-electron chi connectivity index (χ2n) is 6.43. The Morgan fingerprint density at radius 3 is 2.07 bits per heavy atom. The van der Waals surface area contributed by atoms with Crippen molar-refractivity contribution in [3.8, 4) is 0 Å². The molecule has 0 heterocycles. The van der Waals surface area contributed by atoms with Crippen LogP contribution in [0.4, 0.5) is 4.79 Å². The van der Waals surface area contributed by atoms with Gasteiger partial charge in [0.15, 0.2) is 0 Å². The van der Waals surface area contributed by atoms with Crippen LogP contribution >= 0.6 is 0 Å². The molecule has 0 radical (unpaired) electrons. The maximum Gasteiger partial charge on any atom is 0.410 e. The molecule has 0 spiro atoms. The van der Waals surface area contributed by atoms with Gasteiger partial charge in [-0.2, -0.15) is 0 Å². The van der Waals surface area contributed by atoms with Gasteiger partial charge in [0.05, 0.1) is 0 Å². The Hall–Kier alpha value is -3.35. The van der Waals surface area contributed by atoms with Crippen LogP contribution in [-0.4, -0.2) is 47.1 Å². The summed E-state index contributed by atoms with van der Waals surface area (Å²) in [7, 11) is 1.46. The number of carbonyl (C=O) groups is 3. The van der Waals surface area contributed by atoms with E-state index in [4.69, 9.17) is 9.84 Å². The molecule has 7 nitrogen and oxygen atoms in total. The van der Waals surface area contributed by atoms with Gasteiger partial charge in [-0.3, -0.25) is 14.5 Å². The maximum atomic E-state index is 12.7. The number of carboxylic acids is 1. The number of rotatable bonds is 8. The van der Waals surface area contributed by atoms with Crippen molar-refractivity contribution < 1.29 is 24.2 Å². The summed E-state index contributed by atoms with van der Waals surface area (Å²) in [6.45, 7) is 1.45. The molecule has 0 fully saturated rings. The summed E-state index contributed by atoms with van der Waals surface area (Å²) in [5.41, 5.74) is 1.67. The predicted octanol–water partition coefficient (Wildman–Crippen LogP) is 2.46. The third-order valence-electron chi connectivity index (χ3n) is 4.26. The van der Waals surface area contributed by atoms with Crippen LogP contribution in [0, 0.1) is 0 Å². The predicted molar refractivity (Wildman–Crippen MR) is 104 cm³/mol. The Kier molecular flexibility index (Phi) is 7.56. The zero-order chi connectivity index (χ0) is 20.5. The van der Waals surface area contributed by atoms with Gasteiger partial charge < -0.3 is 15.2 Å². The number of hydrogen-bond acceptors (Lipinski definition) is 4. The highest BCUT2D eigenvalue weighted by molar-refractivity contribution is 5.89. The van der Waals surface area contributed by atoms with Crippen molar-refractivity contribution in [2.45, 2.75) is 32.0 Å². The summed E-state index contributed by atoms with van der Waals surface area (Å²) in [5.74, 6) is -1.71. The van der Waals surface area contributed by atoms with Gasteiger partial charge in [-0.1, -0.05) is 60.7 Å². The first-order chi connectivity index (χ1) is 13.4. The van der Waals surface area contributed by atoms with Gasteiger partial charge >= 0.3 is 12.1 Å². The van der Waals surface area contributed by atoms with E-state index in [2.05, 4.69) is 5.32 Å². The monoisotopic (exact) mass is 384 g/mol. The Bertz CT molecular complexity index is 795. The van der Waals surface area contributed by atoms with Crippen LogP contribution in [0.25, 0.3) is 0 Å². The fourth-order valence-corrected chi connectivity index (χ4v) is 2.56. The van der Waals surface area contributed by atoms with Crippen LogP contribution in [-0.2, 0) is 27.4 Å². The molecule has 28 heavy (non-hydrogen) atoms. The van der Waals surface area contributed by atoms with E-state index in [1.54, 1.807) is 0 Å². The van der Waals surface area contributed by atoms with Gasteiger partial charge in [0.2, 0.25) is 5.91 Å². The molecule has 0 saturated carbocycles. The number of carbonyl (C=O) groups excluding carboxylic acids is 2. The number of nitrogens with zero attached hydrogens (tertiary/aromatic N) is 1. The zero-order valence-electron chi connectivity index (χ0n) is 15.9. The highest BCUT2D eigenvalue weighted by atomic mass is 16.6. The molecular formula is C21H24N2O5. The molecule has 2 amide bonds. The average Bonchev–Trinajstić information content (AvgIpc) is 2.71. The summed E-state index contributed by atoms with van der Waals surface area (Å²) in [4.78, 5) is 37.4. The Balaban J connectivity index is 2.10. The highest BCUT2D eigenvalue weighted by Gasteiger charge is 2.30. The number of hydrogen-bond donors (Lipinski definition) is 2. The fourth-order valence-electron chi connectivity index (χ4n) is 2.56. The number of aliphatic carboxylic acids is 1. The molecular weight excluding hydrogens is 360 g/mol. The van der Waals surface area contributed by atoms with Crippen molar-refractivity contribution in [1.82, 2.24) is 10.2 Å². The number of ether oxygens (including phenoxy) is 1. The van der Waals surface area contributed by atoms with Crippen molar-refractivity contribution in [2.24, 2.45) is 0 Å². The number of nitrogens with one attached hydrogen (secondary N) is 1. The molecule has 2 rings (SSSR count). The highest BCUT2D eigenvalue weighted by Crippen LogP contribution is 2.11. The first kappa shape index (κ1) is 21.0. The van der Waals surface area contributed by atoms with Crippen LogP contribution in [0.1, 0.15) is 18.1 Å². The summed E-state index contributed by atoms with van der Waals surface area (Å²) < 4.78 is 5.30. The van der Waals surface area contributed by atoms with E-state index in [-0.39, 0.29) is 13.0 Å². The lowest BCUT2D eigenvalue weighted by atomic mass is 10.0. The molecule has 2 aromatic rings. The zero-order valence-corrected chi connectivity index (χ0v) is 15.9. The molecule has 148 valence electrons. The summed E-state index contributed by atoms with van der Waals surface area (Å²) in [6, 6.07) is 16.4. The van der Waals surface area contributed by atoms with E-state index in [9.17, 15) is 14.4 Å². The number of likely N-dealkylation sites (N-methyl/N-ethyl adjacent to an activating group) is 1. The van der Waals surface area contributed by atoms with Crippen LogP contribution in [0.15, 0.2) is 60.7 Å². The first-order valence-corrected chi connectivity index (χ1v) is 8.89. The minimum absolute atomic E-state index is 0.0786. The SMILES string of the molecule is CC(NC(=O)[C@H](Cc1ccccc1)N(C)C(=O)OCc1ccccc1)C(=O)O. The molecule has 1 unspecified atom stereocenters. The van der Waals surface area contributed by atoms with Gasteiger partial charge in [-0.25, -0.2) is 4.79 Å². The normalized spacial score (nSPS) is 12.5. The molecule has 0 saturated heterocycles. The fraction of sp³-hybridized carbons (Fsp3) is 0.286. The largest absolute Gasteiger partial charge is 0.480 e. The van der Waals surface area contributed by atoms with Crippen molar-refractivity contribution in [1.29, 1.82) is 0 Å². The standard InChI is InChI=1S/C21H24N2O5/c1-15(20(25)26)22-19(24)18(13-16-9-5-3-6-10-16)23(2)21(27)28-14-17-11-7-4-8-12-17/h3-12,15,18H,13-14H2,1-2H3,(H,22,24)(H,25,26)/t15?,18-/m0/s1. The minimum atomic E-state index is -1.15. The second-order valence-corrected chi connectivity index (χ2v) is 6.43. The second kappa shape index (κ2) is 10.1. The smallest absolute Gasteiger partial charge is 0.410 e. The van der Waals surface area contributed by atoms with E-state index in [1.165, 1.54) is 18.9 Å². The molecule has 2 atom stereocenters. The number of carboxylic acid groups (broad SMARTS) is 1. The van der Waals surface area contributed by atoms with Crippen molar-refractivity contribution in [2.75, 3.05) is 7.05 Å². The van der Waals surface area contributed by atoms with Crippen LogP contribution < -0.4 is 5.32 Å². The van der Waals surface area contributed by atoms with E-state index in [1.807, 2.05) is 60.7 Å². The third-order valence-corrected chi connectivity index (χ3v) is 4.26. The third kappa shape index (κ3) is 6.12. The molecule has 7 heteroatoms. The van der Waals surface area contributed by atoms with Crippen LogP contribution in [0.3, 0.4) is 0 Å². The Morgan fingerprint density at radius 2 is 1.54 bits per heavy atom. The first-order valence-electron chi connectivity index (χ1n) is 8.89. The lowest BCUT2D eigenvalue weighted by molar-refractivity contribution is -0.142. The van der Waals surface area contributed by atoms with Crippen molar-refractivity contribution in [3.63, 3.8) is 0 Å². The molecule has 0 aliphatic carbocycles. The lowest BCUT2D eigenvalue weighted by Gasteiger charge is -2.27. The summed E-state index contributed by atoms with van der Waals surface area (Å²) in [5, 5.41) is 11.5. The van der Waals surface area contributed by atoms with Gasteiger partial charge in [-0.05, 0) is 18.1 Å². The molecule has 2 N–H and O–H groups in total. The van der Waals surface area contributed by atoms with Gasteiger partial charge in [-0.15, -0.1) is 0 Å². The minimum Gasteiger partial charge on any atom is -0.480 e. The van der Waals surface area contributed by atoms with Crippen LogP contribution in [0.2, 0.25) is 0 Å². The molecule has 0 aliphatic heterocycles. The lowest BCUT2D eigenvalue weighted by Crippen LogP contribution is -2.52. The molecule has 2 aromatic carbocycles. The molecule has 0 aromatic heterocycles. The molecule has 0 bridgehead atoms. The van der Waals surface area contributed by atoms with E-state index < -0.39 is 30.1 Å². The number of amides is 2. The van der Waals surface area contributed by atoms with Gasteiger partial charge in [0, 0.05) is 13.5 Å². The van der Waals surface area contributed by atoms with Gasteiger partial charge in [0.1, 0.15) is 18.7 Å². The topological polar surface area (TPSA) is 95.9 Å². The van der Waals surface area contributed by atoms with Crippen LogP contribution in [0.5, 0.6) is 0 Å². The Morgan fingerprint density at radius 1 is 1.00 bits per heavy atom.